The van der Waals surface area contributed by atoms with Crippen LogP contribution in [-0.2, 0) is 22.4 Å². The van der Waals surface area contributed by atoms with Gasteiger partial charge >= 0.3 is 5.97 Å². The van der Waals surface area contributed by atoms with Gasteiger partial charge in [0.15, 0.2) is 6.10 Å². The van der Waals surface area contributed by atoms with Crippen molar-refractivity contribution in [3.63, 3.8) is 0 Å². The van der Waals surface area contributed by atoms with Crippen LogP contribution >= 0.6 is 15.9 Å². The van der Waals surface area contributed by atoms with Gasteiger partial charge in [0, 0.05) is 5.56 Å². The standard InChI is InChI=1S/C14H17BrO4/c1-18-13-10(12(16)14(17)19-2)7-8-5-3-4-6-9(8)11(13)15/h7,12,16H,3-6H2,1-2H3. The summed E-state index contributed by atoms with van der Waals surface area (Å²) >= 11 is 3.53. The van der Waals surface area contributed by atoms with Gasteiger partial charge in [-0.1, -0.05) is 0 Å². The Morgan fingerprint density at radius 3 is 2.68 bits per heavy atom. The van der Waals surface area contributed by atoms with Crippen LogP contribution in [0.2, 0.25) is 0 Å². The number of carbonyl (C=O) groups is 1. The molecule has 1 atom stereocenters. The van der Waals surface area contributed by atoms with Gasteiger partial charge in [0.05, 0.1) is 18.7 Å². The lowest BCUT2D eigenvalue weighted by Gasteiger charge is -2.23. The lowest BCUT2D eigenvalue weighted by Crippen LogP contribution is -2.16. The highest BCUT2D eigenvalue weighted by molar-refractivity contribution is 9.10. The van der Waals surface area contributed by atoms with E-state index >= 15 is 0 Å². The molecular formula is C14H17BrO4. The Labute approximate surface area is 120 Å². The number of rotatable bonds is 3. The molecule has 4 nitrogen and oxygen atoms in total. The highest BCUT2D eigenvalue weighted by Crippen LogP contribution is 2.40. The van der Waals surface area contributed by atoms with E-state index in [0.29, 0.717) is 11.3 Å². The molecule has 0 amide bonds. The van der Waals surface area contributed by atoms with Gasteiger partial charge in [-0.15, -0.1) is 0 Å². The Bertz CT molecular complexity index is 499. The second-order valence-corrected chi connectivity index (χ2v) is 5.38. The SMILES string of the molecule is COC(=O)C(O)c1cc2c(c(Br)c1OC)CCCC2. The molecule has 0 saturated carbocycles. The number of benzene rings is 1. The van der Waals surface area contributed by atoms with Crippen LogP contribution in [0.4, 0.5) is 0 Å². The number of halogens is 1. The number of aliphatic hydroxyl groups is 1. The summed E-state index contributed by atoms with van der Waals surface area (Å²) in [6, 6.07) is 1.86. The molecule has 0 spiro atoms. The first-order valence-corrected chi connectivity index (χ1v) is 7.03. The van der Waals surface area contributed by atoms with Gasteiger partial charge in [-0.25, -0.2) is 4.79 Å². The van der Waals surface area contributed by atoms with Crippen molar-refractivity contribution in [1.82, 2.24) is 0 Å². The molecule has 0 bridgehead atoms. The van der Waals surface area contributed by atoms with Crippen molar-refractivity contribution >= 4 is 21.9 Å². The molecule has 0 aromatic heterocycles. The van der Waals surface area contributed by atoms with Crippen LogP contribution in [0.15, 0.2) is 10.5 Å². The summed E-state index contributed by atoms with van der Waals surface area (Å²) in [5.41, 5.74) is 2.84. The summed E-state index contributed by atoms with van der Waals surface area (Å²) in [5, 5.41) is 10.1. The number of esters is 1. The molecule has 2 rings (SSSR count). The molecule has 0 fully saturated rings. The average Bonchev–Trinajstić information content (AvgIpc) is 2.45. The minimum absolute atomic E-state index is 0.460. The third kappa shape index (κ3) is 2.62. The second kappa shape index (κ2) is 5.92. The number of aliphatic hydroxyl groups excluding tert-OH is 1. The normalized spacial score (nSPS) is 15.6. The number of ether oxygens (including phenoxy) is 2. The lowest BCUT2D eigenvalue weighted by molar-refractivity contribution is -0.150. The van der Waals surface area contributed by atoms with Gasteiger partial charge in [-0.05, 0) is 58.8 Å². The maximum absolute atomic E-state index is 11.5. The number of aryl methyl sites for hydroxylation is 1. The molecule has 104 valence electrons. The van der Waals surface area contributed by atoms with Crippen molar-refractivity contribution in [3.05, 3.63) is 27.2 Å². The molecule has 5 heteroatoms. The zero-order valence-corrected chi connectivity index (χ0v) is 12.6. The van der Waals surface area contributed by atoms with Crippen LogP contribution in [-0.4, -0.2) is 25.3 Å². The largest absolute Gasteiger partial charge is 0.495 e. The summed E-state index contributed by atoms with van der Waals surface area (Å²) < 4.78 is 10.8. The van der Waals surface area contributed by atoms with Crippen molar-refractivity contribution in [2.45, 2.75) is 31.8 Å². The fraction of sp³-hybridized carbons (Fsp3) is 0.500. The third-order valence-corrected chi connectivity index (χ3v) is 4.33. The van der Waals surface area contributed by atoms with Crippen molar-refractivity contribution in [2.24, 2.45) is 0 Å². The van der Waals surface area contributed by atoms with Gasteiger partial charge in [0.1, 0.15) is 5.75 Å². The van der Waals surface area contributed by atoms with Gasteiger partial charge in [0.2, 0.25) is 0 Å². The maximum atomic E-state index is 11.5. The first kappa shape index (κ1) is 14.3. The Morgan fingerprint density at radius 1 is 1.37 bits per heavy atom. The molecule has 1 aliphatic carbocycles. The Kier molecular flexibility index (Phi) is 4.47. The number of carbonyl (C=O) groups excluding carboxylic acids is 1. The van der Waals surface area contributed by atoms with E-state index in [1.54, 1.807) is 0 Å². The molecule has 0 saturated heterocycles. The predicted octanol–water partition coefficient (Wildman–Crippen LogP) is 2.54. The molecule has 0 radical (unpaired) electrons. The number of hydrogen-bond acceptors (Lipinski definition) is 4. The number of hydrogen-bond donors (Lipinski definition) is 1. The molecule has 1 unspecified atom stereocenters. The number of fused-ring (bicyclic) bond motifs is 1. The van der Waals surface area contributed by atoms with E-state index in [1.165, 1.54) is 19.8 Å². The van der Waals surface area contributed by atoms with Crippen molar-refractivity contribution < 1.29 is 19.4 Å². The van der Waals surface area contributed by atoms with Crippen molar-refractivity contribution in [3.8, 4) is 5.75 Å². The van der Waals surface area contributed by atoms with Crippen molar-refractivity contribution in [2.75, 3.05) is 14.2 Å². The third-order valence-electron chi connectivity index (χ3n) is 3.49. The lowest BCUT2D eigenvalue weighted by atomic mass is 9.89. The minimum atomic E-state index is -1.32. The van der Waals surface area contributed by atoms with Gasteiger partial charge in [0.25, 0.3) is 0 Å². The molecule has 1 aromatic rings. The average molecular weight is 329 g/mol. The van der Waals surface area contributed by atoms with Gasteiger partial charge in [-0.3, -0.25) is 0 Å². The summed E-state index contributed by atoms with van der Waals surface area (Å²) in [6.07, 6.45) is 2.90. The van der Waals surface area contributed by atoms with Crippen molar-refractivity contribution in [1.29, 1.82) is 0 Å². The van der Waals surface area contributed by atoms with E-state index in [9.17, 15) is 9.90 Å². The molecule has 19 heavy (non-hydrogen) atoms. The Hall–Kier alpha value is -1.07. The zero-order valence-electron chi connectivity index (χ0n) is 11.0. The summed E-state index contributed by atoms with van der Waals surface area (Å²) in [4.78, 5) is 11.5. The Morgan fingerprint density at radius 2 is 2.05 bits per heavy atom. The fourth-order valence-corrected chi connectivity index (χ4v) is 3.35. The van der Waals surface area contributed by atoms with E-state index in [0.717, 1.165) is 35.7 Å². The van der Waals surface area contributed by atoms with Crippen LogP contribution in [0, 0.1) is 0 Å². The quantitative estimate of drug-likeness (QED) is 0.866. The zero-order chi connectivity index (χ0) is 14.0. The minimum Gasteiger partial charge on any atom is -0.495 e. The molecule has 1 aromatic carbocycles. The van der Waals surface area contributed by atoms with E-state index in [-0.39, 0.29) is 0 Å². The molecule has 1 N–H and O–H groups in total. The monoisotopic (exact) mass is 328 g/mol. The van der Waals surface area contributed by atoms with E-state index in [4.69, 9.17) is 4.74 Å². The van der Waals surface area contributed by atoms with Gasteiger partial charge in [-0.2, -0.15) is 0 Å². The maximum Gasteiger partial charge on any atom is 0.339 e. The topological polar surface area (TPSA) is 55.8 Å². The van der Waals surface area contributed by atoms with E-state index < -0.39 is 12.1 Å². The second-order valence-electron chi connectivity index (χ2n) is 4.58. The molecule has 0 aliphatic heterocycles. The van der Waals surface area contributed by atoms with Gasteiger partial charge < -0.3 is 14.6 Å². The summed E-state index contributed by atoms with van der Waals surface area (Å²) in [7, 11) is 2.79. The first-order chi connectivity index (χ1) is 9.10. The summed E-state index contributed by atoms with van der Waals surface area (Å²) in [6.45, 7) is 0. The molecule has 1 aliphatic rings. The van der Waals surface area contributed by atoms with Crippen LogP contribution < -0.4 is 4.74 Å². The molecule has 0 heterocycles. The van der Waals surface area contributed by atoms with Crippen LogP contribution in [0.1, 0.15) is 35.6 Å². The van der Waals surface area contributed by atoms with Crippen LogP contribution in [0.25, 0.3) is 0 Å². The smallest absolute Gasteiger partial charge is 0.339 e. The van der Waals surface area contributed by atoms with E-state index in [2.05, 4.69) is 20.7 Å². The molecular weight excluding hydrogens is 312 g/mol. The summed E-state index contributed by atoms with van der Waals surface area (Å²) in [5.74, 6) is -0.167. The predicted molar refractivity (Wildman–Crippen MR) is 74.3 cm³/mol. The fourth-order valence-electron chi connectivity index (χ4n) is 2.50. The van der Waals surface area contributed by atoms with Crippen LogP contribution in [0.5, 0.6) is 5.75 Å². The van der Waals surface area contributed by atoms with Crippen LogP contribution in [0.3, 0.4) is 0 Å². The highest BCUT2D eigenvalue weighted by atomic mass is 79.9. The number of methoxy groups -OCH3 is 2. The first-order valence-electron chi connectivity index (χ1n) is 6.24. The Balaban J connectivity index is 2.54. The van der Waals surface area contributed by atoms with E-state index in [1.807, 2.05) is 6.07 Å². The highest BCUT2D eigenvalue weighted by Gasteiger charge is 2.27.